The molecule has 3 rings (SSSR count). The number of rotatable bonds is 2. The molecule has 0 unspecified atom stereocenters. The molecule has 98 valence electrons. The van der Waals surface area contributed by atoms with Crippen molar-refractivity contribution in [3.63, 3.8) is 0 Å². The average molecular weight is 283 g/mol. The van der Waals surface area contributed by atoms with Crippen molar-refractivity contribution >= 4 is 12.0 Å². The van der Waals surface area contributed by atoms with Crippen molar-refractivity contribution in [3.8, 4) is 16.9 Å². The van der Waals surface area contributed by atoms with E-state index in [9.17, 15) is 13.2 Å². The van der Waals surface area contributed by atoms with Crippen LogP contribution in [-0.2, 0) is 18.5 Å². The summed E-state index contributed by atoms with van der Waals surface area (Å²) in [5.74, 6) is 0.313. The summed E-state index contributed by atoms with van der Waals surface area (Å²) in [5.41, 5.74) is -0.344. The minimum atomic E-state index is -4.34. The molecule has 0 aliphatic heterocycles. The third-order valence-corrected chi connectivity index (χ3v) is 3.55. The highest BCUT2D eigenvalue weighted by Gasteiger charge is 2.42. The van der Waals surface area contributed by atoms with Gasteiger partial charge in [0.1, 0.15) is 0 Å². The minimum absolute atomic E-state index is 0.313. The van der Waals surface area contributed by atoms with Gasteiger partial charge >= 0.3 is 5.51 Å². The summed E-state index contributed by atoms with van der Waals surface area (Å²) in [6.45, 7) is 0. The first kappa shape index (κ1) is 12.4. The van der Waals surface area contributed by atoms with E-state index < -0.39 is 17.6 Å². The van der Waals surface area contributed by atoms with Crippen LogP contribution in [0.2, 0.25) is 0 Å². The van der Waals surface area contributed by atoms with Crippen LogP contribution in [0.25, 0.3) is 11.1 Å². The van der Waals surface area contributed by atoms with Gasteiger partial charge in [-0.3, -0.25) is 4.18 Å². The van der Waals surface area contributed by atoms with E-state index in [1.165, 1.54) is 0 Å². The molecule has 0 amide bonds. The predicted molar refractivity (Wildman–Crippen MR) is 70.1 cm³/mol. The summed E-state index contributed by atoms with van der Waals surface area (Å²) in [6.07, 6.45) is 0.620. The molecule has 5 heteroatoms. The normalized spacial score (nSPS) is 13.0. The summed E-state index contributed by atoms with van der Waals surface area (Å²) >= 11 is -0.990. The van der Waals surface area contributed by atoms with Gasteiger partial charge in [-0.05, 0) is 22.8 Å². The van der Waals surface area contributed by atoms with Crippen molar-refractivity contribution in [2.24, 2.45) is 0 Å². The Morgan fingerprint density at radius 1 is 0.947 bits per heavy atom. The van der Waals surface area contributed by atoms with Crippen molar-refractivity contribution in [2.75, 3.05) is 0 Å². The molecule has 2 aromatic rings. The maximum absolute atomic E-state index is 12.2. The van der Waals surface area contributed by atoms with Crippen LogP contribution in [0.5, 0.6) is 5.75 Å². The van der Waals surface area contributed by atoms with E-state index in [-0.39, 0.29) is 0 Å². The molecule has 0 radical (unpaired) electrons. The van der Waals surface area contributed by atoms with Gasteiger partial charge in [-0.25, -0.2) is 0 Å². The SMILES string of the molecule is FC(F)(F)[SH+]Oc1cccc2c1Cc1ccccc1-2. The Bertz CT molecular complexity index is 622. The highest BCUT2D eigenvalue weighted by Crippen LogP contribution is 2.41. The number of hydrogen-bond acceptors (Lipinski definition) is 1. The number of hydrogen-bond donors (Lipinski definition) is 0. The third kappa shape index (κ3) is 2.42. The Balaban J connectivity index is 1.95. The zero-order valence-electron chi connectivity index (χ0n) is 9.74. The smallest absolute Gasteiger partial charge is 0.278 e. The molecule has 0 saturated carbocycles. The Kier molecular flexibility index (Phi) is 2.93. The van der Waals surface area contributed by atoms with Crippen molar-refractivity contribution < 1.29 is 17.4 Å². The quantitative estimate of drug-likeness (QED) is 0.512. The number of thiol groups is 1. The Labute approximate surface area is 112 Å². The van der Waals surface area contributed by atoms with Crippen LogP contribution in [0.4, 0.5) is 13.2 Å². The van der Waals surface area contributed by atoms with Gasteiger partial charge in [0.2, 0.25) is 0 Å². The zero-order valence-corrected chi connectivity index (χ0v) is 10.6. The molecule has 0 aromatic heterocycles. The van der Waals surface area contributed by atoms with Gasteiger partial charge in [-0.15, -0.1) is 13.2 Å². The van der Waals surface area contributed by atoms with E-state index in [0.717, 1.165) is 22.3 Å². The standard InChI is InChI=1S/C14H9F3OS/c15-14(16,17)19-18-13-7-3-6-11-10-5-2-1-4-9(10)8-12(11)13/h1-7H,8H2/p+1. The summed E-state index contributed by atoms with van der Waals surface area (Å²) in [7, 11) is 0. The molecule has 0 spiro atoms. The number of fused-ring (bicyclic) bond motifs is 3. The summed E-state index contributed by atoms with van der Waals surface area (Å²) in [4.78, 5) is 0. The Hall–Kier alpha value is -1.62. The second kappa shape index (κ2) is 4.49. The van der Waals surface area contributed by atoms with Crippen molar-refractivity contribution in [1.82, 2.24) is 0 Å². The molecular weight excluding hydrogens is 273 g/mol. The zero-order chi connectivity index (χ0) is 13.5. The van der Waals surface area contributed by atoms with Gasteiger partial charge in [0.25, 0.3) is 12.0 Å². The number of alkyl halides is 3. The van der Waals surface area contributed by atoms with Crippen molar-refractivity contribution in [3.05, 3.63) is 53.6 Å². The molecule has 1 aliphatic carbocycles. The summed E-state index contributed by atoms with van der Waals surface area (Å²) < 4.78 is 41.5. The predicted octanol–water partition coefficient (Wildman–Crippen LogP) is 3.89. The van der Waals surface area contributed by atoms with E-state index >= 15 is 0 Å². The topological polar surface area (TPSA) is 9.23 Å². The molecule has 0 fully saturated rings. The average Bonchev–Trinajstić information content (AvgIpc) is 2.74. The van der Waals surface area contributed by atoms with Crippen LogP contribution < -0.4 is 4.18 Å². The van der Waals surface area contributed by atoms with Crippen molar-refractivity contribution in [2.45, 2.75) is 11.9 Å². The molecule has 0 saturated heterocycles. The summed E-state index contributed by atoms with van der Waals surface area (Å²) in [6, 6.07) is 13.0. The third-order valence-electron chi connectivity index (χ3n) is 3.06. The molecule has 1 nitrogen and oxygen atoms in total. The lowest BCUT2D eigenvalue weighted by atomic mass is 10.1. The van der Waals surface area contributed by atoms with E-state index in [2.05, 4.69) is 0 Å². The lowest BCUT2D eigenvalue weighted by molar-refractivity contribution is -0.0386. The fraction of sp³-hybridized carbons (Fsp3) is 0.143. The fourth-order valence-electron chi connectivity index (χ4n) is 2.31. The number of halogens is 3. The summed E-state index contributed by atoms with van der Waals surface area (Å²) in [5, 5.41) is 0. The molecule has 0 bridgehead atoms. The van der Waals surface area contributed by atoms with Gasteiger partial charge < -0.3 is 0 Å². The molecule has 0 atom stereocenters. The largest absolute Gasteiger partial charge is 0.615 e. The van der Waals surface area contributed by atoms with Crippen LogP contribution in [0.3, 0.4) is 0 Å². The van der Waals surface area contributed by atoms with Gasteiger partial charge in [-0.2, -0.15) is 0 Å². The van der Waals surface area contributed by atoms with E-state index in [1.54, 1.807) is 12.1 Å². The molecule has 0 heterocycles. The van der Waals surface area contributed by atoms with Gasteiger partial charge in [0, 0.05) is 12.0 Å². The van der Waals surface area contributed by atoms with Crippen LogP contribution in [0, 0.1) is 0 Å². The van der Waals surface area contributed by atoms with Crippen LogP contribution in [-0.4, -0.2) is 5.51 Å². The van der Waals surface area contributed by atoms with Crippen molar-refractivity contribution in [1.29, 1.82) is 0 Å². The highest BCUT2D eigenvalue weighted by atomic mass is 32.2. The maximum atomic E-state index is 12.2. The minimum Gasteiger partial charge on any atom is -0.278 e. The molecule has 1 aliphatic rings. The molecular formula is C14H10F3OS+. The highest BCUT2D eigenvalue weighted by molar-refractivity contribution is 7.74. The molecule has 0 N–H and O–H groups in total. The van der Waals surface area contributed by atoms with E-state index in [0.29, 0.717) is 12.2 Å². The molecule has 19 heavy (non-hydrogen) atoms. The molecule has 2 aromatic carbocycles. The van der Waals surface area contributed by atoms with Gasteiger partial charge in [0.15, 0.2) is 5.75 Å². The van der Waals surface area contributed by atoms with Crippen LogP contribution >= 0.6 is 0 Å². The van der Waals surface area contributed by atoms with E-state index in [4.69, 9.17) is 4.18 Å². The second-order valence-electron chi connectivity index (χ2n) is 4.27. The lowest BCUT2D eigenvalue weighted by Gasteiger charge is -2.04. The maximum Gasteiger partial charge on any atom is 0.615 e. The monoisotopic (exact) mass is 283 g/mol. The lowest BCUT2D eigenvalue weighted by Crippen LogP contribution is -2.15. The first-order valence-electron chi connectivity index (χ1n) is 5.71. The Morgan fingerprint density at radius 3 is 2.47 bits per heavy atom. The number of benzene rings is 2. The Morgan fingerprint density at radius 2 is 1.68 bits per heavy atom. The first-order chi connectivity index (χ1) is 9.04. The van der Waals surface area contributed by atoms with E-state index in [1.807, 2.05) is 30.3 Å². The van der Waals surface area contributed by atoms with Gasteiger partial charge in [-0.1, -0.05) is 36.4 Å². The first-order valence-corrected chi connectivity index (χ1v) is 6.52. The fourth-order valence-corrected chi connectivity index (χ4v) is 2.69. The second-order valence-corrected chi connectivity index (χ2v) is 5.14. The van der Waals surface area contributed by atoms with Gasteiger partial charge in [0.05, 0.1) is 0 Å². The van der Waals surface area contributed by atoms with Crippen LogP contribution in [0.15, 0.2) is 42.5 Å². The van der Waals surface area contributed by atoms with Crippen LogP contribution in [0.1, 0.15) is 11.1 Å².